The van der Waals surface area contributed by atoms with Crippen LogP contribution in [0.25, 0.3) is 6.08 Å². The molecule has 0 saturated carbocycles. The summed E-state index contributed by atoms with van der Waals surface area (Å²) in [6, 6.07) is 13.4. The lowest BCUT2D eigenvalue weighted by Crippen LogP contribution is -2.51. The summed E-state index contributed by atoms with van der Waals surface area (Å²) in [4.78, 5) is 45.0. The number of hydrogen-bond acceptors (Lipinski definition) is 10. The van der Waals surface area contributed by atoms with Crippen LogP contribution in [0.2, 0.25) is 0 Å². The van der Waals surface area contributed by atoms with Crippen LogP contribution in [0.3, 0.4) is 0 Å². The Labute approximate surface area is 246 Å². The van der Waals surface area contributed by atoms with Gasteiger partial charge in [0, 0.05) is 66.9 Å². The van der Waals surface area contributed by atoms with Crippen molar-refractivity contribution in [1.29, 1.82) is 0 Å². The van der Waals surface area contributed by atoms with Crippen molar-refractivity contribution in [3.8, 4) is 11.5 Å². The lowest BCUT2D eigenvalue weighted by molar-refractivity contribution is -0.104. The Morgan fingerprint density at radius 1 is 1.12 bits per heavy atom. The molecule has 2 aliphatic rings. The van der Waals surface area contributed by atoms with Crippen LogP contribution >= 0.6 is 0 Å². The zero-order valence-corrected chi connectivity index (χ0v) is 24.0. The number of amides is 1. The summed E-state index contributed by atoms with van der Waals surface area (Å²) < 4.78 is 33.0. The molecule has 0 bridgehead atoms. The second kappa shape index (κ2) is 10.6. The molecule has 3 aromatic rings. The first-order valence-electron chi connectivity index (χ1n) is 12.7. The molecule has 0 fully saturated rings. The van der Waals surface area contributed by atoms with Gasteiger partial charge in [-0.2, -0.15) is 14.3 Å². The number of aromatic carboxylic acids is 1. The third kappa shape index (κ3) is 4.76. The number of anilines is 2. The molecule has 0 aromatic heterocycles. The highest BCUT2D eigenvalue weighted by Crippen LogP contribution is 2.53. The molecule has 1 atom stereocenters. The maximum absolute atomic E-state index is 13.7. The monoisotopic (exact) mass is 605 g/mol. The second-order valence-electron chi connectivity index (χ2n) is 9.97. The molecule has 1 amide bonds. The molecule has 14 heteroatoms. The molecule has 13 nitrogen and oxygen atoms in total. The highest BCUT2D eigenvalue weighted by Gasteiger charge is 2.57. The number of carbonyl (C=O) groups excluding carboxylic acids is 2. The molecule has 0 saturated heterocycles. The second-order valence-corrected chi connectivity index (χ2v) is 11.4. The third-order valence-corrected chi connectivity index (χ3v) is 8.23. The van der Waals surface area contributed by atoms with Crippen LogP contribution < -0.4 is 30.8 Å². The van der Waals surface area contributed by atoms with E-state index in [0.717, 1.165) is 0 Å². The SMILES string of the molecule is CNc1ccc(/C=C(\C=O)C2=CC3(c4ccc(N(C)C)cc4O2)c2cc(C(=O)O)ccc2C(=O)N3S(N)(=O)=O)c(ON)c1. The first-order valence-corrected chi connectivity index (χ1v) is 14.2. The fourth-order valence-electron chi connectivity index (χ4n) is 5.25. The number of fused-ring (bicyclic) bond motifs is 4. The molecule has 5 rings (SSSR count). The molecule has 2 aliphatic heterocycles. The van der Waals surface area contributed by atoms with E-state index in [4.69, 9.17) is 20.6 Å². The van der Waals surface area contributed by atoms with Gasteiger partial charge in [0.1, 0.15) is 17.0 Å². The van der Waals surface area contributed by atoms with Gasteiger partial charge in [0.25, 0.3) is 5.91 Å². The fourth-order valence-corrected chi connectivity index (χ4v) is 6.23. The Bertz CT molecular complexity index is 1870. The van der Waals surface area contributed by atoms with Gasteiger partial charge in [0.15, 0.2) is 12.0 Å². The number of benzene rings is 3. The van der Waals surface area contributed by atoms with E-state index >= 15 is 0 Å². The lowest BCUT2D eigenvalue weighted by atomic mass is 9.80. The molecule has 6 N–H and O–H groups in total. The number of rotatable bonds is 8. The Morgan fingerprint density at radius 2 is 1.86 bits per heavy atom. The van der Waals surface area contributed by atoms with Crippen molar-refractivity contribution in [2.24, 2.45) is 11.0 Å². The third-order valence-electron chi connectivity index (χ3n) is 7.27. The van der Waals surface area contributed by atoms with Crippen LogP contribution in [0.15, 0.2) is 72.0 Å². The van der Waals surface area contributed by atoms with Crippen LogP contribution in [0, 0.1) is 0 Å². The number of nitrogens with one attached hydrogen (secondary N) is 1. The number of hydrogen-bond donors (Lipinski definition) is 4. The van der Waals surface area contributed by atoms with Gasteiger partial charge < -0.3 is 24.9 Å². The molecular weight excluding hydrogens is 578 g/mol. The minimum Gasteiger partial charge on any atom is -0.478 e. The molecule has 1 unspecified atom stereocenters. The van der Waals surface area contributed by atoms with Gasteiger partial charge in [-0.1, -0.05) is 6.07 Å². The van der Waals surface area contributed by atoms with Crippen molar-refractivity contribution >= 4 is 45.8 Å². The molecule has 2 heterocycles. The maximum Gasteiger partial charge on any atom is 0.335 e. The summed E-state index contributed by atoms with van der Waals surface area (Å²) in [6.07, 6.45) is 3.18. The Balaban J connectivity index is 1.87. The minimum absolute atomic E-state index is 0.0284. The van der Waals surface area contributed by atoms with E-state index in [9.17, 15) is 27.9 Å². The highest BCUT2D eigenvalue weighted by atomic mass is 32.2. The molecule has 3 aromatic carbocycles. The van der Waals surface area contributed by atoms with E-state index in [1.54, 1.807) is 62.4 Å². The zero-order chi connectivity index (χ0) is 31.3. The predicted octanol–water partition coefficient (Wildman–Crippen LogP) is 2.21. The summed E-state index contributed by atoms with van der Waals surface area (Å²) in [5.41, 5.74) is -0.436. The predicted molar refractivity (Wildman–Crippen MR) is 158 cm³/mol. The average molecular weight is 606 g/mol. The number of nitrogens with two attached hydrogens (primary N) is 2. The van der Waals surface area contributed by atoms with Gasteiger partial charge >= 0.3 is 16.2 Å². The van der Waals surface area contributed by atoms with Crippen molar-refractivity contribution in [1.82, 2.24) is 4.31 Å². The van der Waals surface area contributed by atoms with Crippen molar-refractivity contribution in [3.05, 3.63) is 99.8 Å². The molecule has 43 heavy (non-hydrogen) atoms. The van der Waals surface area contributed by atoms with E-state index in [2.05, 4.69) is 5.32 Å². The summed E-state index contributed by atoms with van der Waals surface area (Å²) in [5, 5.41) is 18.4. The van der Waals surface area contributed by atoms with E-state index < -0.39 is 27.6 Å². The van der Waals surface area contributed by atoms with Crippen LogP contribution in [0.4, 0.5) is 11.4 Å². The van der Waals surface area contributed by atoms with Gasteiger partial charge in [-0.05, 0) is 48.6 Å². The van der Waals surface area contributed by atoms with Crippen LogP contribution in [0.1, 0.15) is 37.4 Å². The van der Waals surface area contributed by atoms with Gasteiger partial charge in [-0.25, -0.2) is 14.2 Å². The summed E-state index contributed by atoms with van der Waals surface area (Å²) in [6.45, 7) is 0. The number of carboxylic acids is 1. The van der Waals surface area contributed by atoms with E-state index in [-0.39, 0.29) is 45.1 Å². The quantitative estimate of drug-likeness (QED) is 0.167. The molecule has 0 radical (unpaired) electrons. The van der Waals surface area contributed by atoms with E-state index in [1.807, 2.05) is 0 Å². The van der Waals surface area contributed by atoms with Gasteiger partial charge in [0.05, 0.1) is 11.1 Å². The zero-order valence-electron chi connectivity index (χ0n) is 23.2. The number of nitrogens with zero attached hydrogens (tertiary/aromatic N) is 2. The van der Waals surface area contributed by atoms with Crippen molar-refractivity contribution < 1.29 is 37.5 Å². The molecular formula is C29H27N5O8S. The minimum atomic E-state index is -4.79. The van der Waals surface area contributed by atoms with Crippen LogP contribution in [-0.4, -0.2) is 57.1 Å². The van der Waals surface area contributed by atoms with Crippen molar-refractivity contribution in [3.63, 3.8) is 0 Å². The van der Waals surface area contributed by atoms with E-state index in [1.165, 1.54) is 30.4 Å². The average Bonchev–Trinajstić information content (AvgIpc) is 3.22. The van der Waals surface area contributed by atoms with Crippen molar-refractivity contribution in [2.75, 3.05) is 31.4 Å². The first-order chi connectivity index (χ1) is 20.3. The number of aldehydes is 1. The van der Waals surface area contributed by atoms with Crippen LogP contribution in [-0.2, 0) is 20.5 Å². The van der Waals surface area contributed by atoms with Gasteiger partial charge in [-0.3, -0.25) is 9.59 Å². The summed E-state index contributed by atoms with van der Waals surface area (Å²) in [7, 11) is 0.473. The molecule has 1 spiro atoms. The number of carboxylic acid groups (broad SMARTS) is 1. The van der Waals surface area contributed by atoms with Gasteiger partial charge in [0.2, 0.25) is 0 Å². The standard InChI is InChI=1S/C29H27N5O8S/c1-32-19-6-4-16(24(12-19)42-30)10-18(15-35)26-14-29(22-9-7-20(33(2)3)13-25(22)41-26)23-11-17(28(37)38)5-8-21(23)27(36)34(29)43(31,39)40/h4-15,32H,30H2,1-3H3,(H,37,38)(H2,31,39,40)/b18-10+. The topological polar surface area (TPSA) is 195 Å². The highest BCUT2D eigenvalue weighted by molar-refractivity contribution is 7.87. The molecule has 0 aliphatic carbocycles. The maximum atomic E-state index is 13.7. The Morgan fingerprint density at radius 3 is 2.47 bits per heavy atom. The van der Waals surface area contributed by atoms with E-state index in [0.29, 0.717) is 27.5 Å². The number of allylic oxidation sites excluding steroid dienone is 1. The molecule has 222 valence electrons. The summed E-state index contributed by atoms with van der Waals surface area (Å²) >= 11 is 0. The largest absolute Gasteiger partial charge is 0.478 e. The lowest BCUT2D eigenvalue weighted by Gasteiger charge is -2.39. The fraction of sp³-hybridized carbons (Fsp3) is 0.138. The smallest absolute Gasteiger partial charge is 0.335 e. The Hall–Kier alpha value is -5.18. The first kappa shape index (κ1) is 29.3. The normalized spacial score (nSPS) is 17.5. The van der Waals surface area contributed by atoms with Crippen molar-refractivity contribution in [2.45, 2.75) is 5.54 Å². The number of carbonyl (C=O) groups is 3. The number of ether oxygens (including phenoxy) is 1. The Kier molecular flexibility index (Phi) is 7.21. The summed E-state index contributed by atoms with van der Waals surface area (Å²) in [5.74, 6) is 3.39. The van der Waals surface area contributed by atoms with Gasteiger partial charge in [-0.15, -0.1) is 0 Å². The van der Waals surface area contributed by atoms with Crippen LogP contribution in [0.5, 0.6) is 11.5 Å².